The Morgan fingerprint density at radius 1 is 0.328 bits per heavy atom. The highest BCUT2D eigenvalue weighted by Gasteiger charge is 2.20. The molecule has 0 spiro atoms. The second kappa shape index (κ2) is 14.5. The molecule has 12 aromatic rings. The number of para-hydroxylation sites is 3. The lowest BCUT2D eigenvalue weighted by Crippen LogP contribution is -2.11. The van der Waals surface area contributed by atoms with Crippen molar-refractivity contribution in [2.45, 2.75) is 0 Å². The molecular formula is C58H37NOS. The van der Waals surface area contributed by atoms with E-state index in [1.807, 2.05) is 23.5 Å². The van der Waals surface area contributed by atoms with E-state index in [1.54, 1.807) is 0 Å². The summed E-state index contributed by atoms with van der Waals surface area (Å²) in [6.07, 6.45) is 0. The number of benzene rings is 10. The van der Waals surface area contributed by atoms with Crippen LogP contribution in [-0.2, 0) is 0 Å². The molecule has 0 radical (unpaired) electrons. The molecule has 2 heterocycles. The number of hydrogen-bond donors (Lipinski definition) is 0. The minimum atomic E-state index is 0.903. The van der Waals surface area contributed by atoms with Crippen molar-refractivity contribution < 1.29 is 4.42 Å². The summed E-state index contributed by atoms with van der Waals surface area (Å²) in [4.78, 5) is 2.42. The Hall–Kier alpha value is -7.72. The number of hydrogen-bond acceptors (Lipinski definition) is 3. The van der Waals surface area contributed by atoms with Gasteiger partial charge in [-0.15, -0.1) is 11.3 Å². The van der Waals surface area contributed by atoms with Crippen molar-refractivity contribution in [3.05, 3.63) is 224 Å². The van der Waals surface area contributed by atoms with E-state index < -0.39 is 0 Å². The van der Waals surface area contributed by atoms with Gasteiger partial charge in [-0.25, -0.2) is 0 Å². The van der Waals surface area contributed by atoms with E-state index in [1.165, 1.54) is 53.2 Å². The van der Waals surface area contributed by atoms with E-state index >= 15 is 0 Å². The van der Waals surface area contributed by atoms with Crippen LogP contribution in [0.15, 0.2) is 229 Å². The van der Waals surface area contributed by atoms with Crippen LogP contribution in [0.3, 0.4) is 0 Å². The molecule has 2 nitrogen and oxygen atoms in total. The molecular weight excluding hydrogens is 759 g/mol. The van der Waals surface area contributed by atoms with Crippen LogP contribution in [-0.4, -0.2) is 0 Å². The number of fused-ring (bicyclic) bond motifs is 7. The summed E-state index contributed by atoms with van der Waals surface area (Å²) in [5.41, 5.74) is 14.3. The molecule has 0 aliphatic heterocycles. The van der Waals surface area contributed by atoms with Gasteiger partial charge in [0.15, 0.2) is 0 Å². The van der Waals surface area contributed by atoms with Gasteiger partial charge < -0.3 is 9.32 Å². The molecule has 0 unspecified atom stereocenters. The summed E-state index contributed by atoms with van der Waals surface area (Å²) in [6.45, 7) is 0. The fourth-order valence-electron chi connectivity index (χ4n) is 9.15. The summed E-state index contributed by atoms with van der Waals surface area (Å²) in [5, 5.41) is 7.33. The maximum atomic E-state index is 6.48. The molecule has 61 heavy (non-hydrogen) atoms. The third-order valence-electron chi connectivity index (χ3n) is 12.1. The molecule has 0 fully saturated rings. The fourth-order valence-corrected chi connectivity index (χ4v) is 10.2. The minimum absolute atomic E-state index is 0.903. The molecule has 0 N–H and O–H groups in total. The first kappa shape index (κ1) is 35.2. The second-order valence-corrected chi connectivity index (χ2v) is 16.7. The van der Waals surface area contributed by atoms with E-state index in [4.69, 9.17) is 4.42 Å². The van der Waals surface area contributed by atoms with E-state index in [-0.39, 0.29) is 0 Å². The molecule has 0 atom stereocenters. The Balaban J connectivity index is 1.02. The van der Waals surface area contributed by atoms with Crippen molar-refractivity contribution in [3.63, 3.8) is 0 Å². The lowest BCUT2D eigenvalue weighted by molar-refractivity contribution is 0.670. The molecule has 0 amide bonds. The maximum absolute atomic E-state index is 6.48. The topological polar surface area (TPSA) is 16.4 Å². The van der Waals surface area contributed by atoms with E-state index in [0.29, 0.717) is 0 Å². The Morgan fingerprint density at radius 3 is 1.80 bits per heavy atom. The van der Waals surface area contributed by atoms with Crippen LogP contribution in [0.4, 0.5) is 17.1 Å². The molecule has 286 valence electrons. The average Bonchev–Trinajstić information content (AvgIpc) is 3.90. The molecule has 0 aliphatic carbocycles. The monoisotopic (exact) mass is 795 g/mol. The van der Waals surface area contributed by atoms with Crippen molar-refractivity contribution in [2.24, 2.45) is 0 Å². The summed E-state index contributed by atoms with van der Waals surface area (Å²) < 4.78 is 9.09. The third kappa shape index (κ3) is 6.09. The second-order valence-electron chi connectivity index (χ2n) is 15.6. The van der Waals surface area contributed by atoms with Gasteiger partial charge in [-0.2, -0.15) is 0 Å². The SMILES string of the molecule is c1cc(-c2ccccc2-c2ccc3ccccc3c2)cc(N(c2ccc(-c3cccc4c3oc3ccccc34)cc2)c2ccccc2-c2ccc3sc4ccccc4c3c2)c1. The number of anilines is 3. The summed E-state index contributed by atoms with van der Waals surface area (Å²) in [5.74, 6) is 0. The van der Waals surface area contributed by atoms with E-state index in [2.05, 4.69) is 217 Å². The van der Waals surface area contributed by atoms with Crippen LogP contribution in [0.25, 0.3) is 97.4 Å². The van der Waals surface area contributed by atoms with Gasteiger partial charge in [-0.3, -0.25) is 0 Å². The standard InChI is InChI=1S/C58H37NOS/c1-2-14-40-35-42(28-27-38(40)13-1)47-18-4-3-17-46(47)41-15-11-16-45(36-41)59(44-32-29-39(30-33-44)49-22-12-23-52-50-20-6-9-25-55(50)60-58(49)52)54-24-8-5-19-48(54)43-31-34-57-53(37-43)51-21-7-10-26-56(51)61-57/h1-37H. The normalized spacial score (nSPS) is 11.6. The quantitative estimate of drug-likeness (QED) is 0.160. The predicted molar refractivity (Wildman–Crippen MR) is 261 cm³/mol. The van der Waals surface area contributed by atoms with Crippen LogP contribution in [0.2, 0.25) is 0 Å². The molecule has 2 aromatic heterocycles. The smallest absolute Gasteiger partial charge is 0.143 e. The Labute approximate surface area is 357 Å². The van der Waals surface area contributed by atoms with Crippen LogP contribution < -0.4 is 4.90 Å². The van der Waals surface area contributed by atoms with Crippen LogP contribution in [0.5, 0.6) is 0 Å². The number of furan rings is 1. The van der Waals surface area contributed by atoms with Crippen LogP contribution in [0.1, 0.15) is 0 Å². The van der Waals surface area contributed by atoms with Gasteiger partial charge in [0.05, 0.1) is 5.69 Å². The highest BCUT2D eigenvalue weighted by molar-refractivity contribution is 7.25. The highest BCUT2D eigenvalue weighted by atomic mass is 32.1. The van der Waals surface area contributed by atoms with Crippen LogP contribution >= 0.6 is 11.3 Å². The summed E-state index contributed by atoms with van der Waals surface area (Å²) in [6, 6.07) is 81.3. The van der Waals surface area contributed by atoms with E-state index in [0.717, 1.165) is 61.3 Å². The number of thiophene rings is 1. The molecule has 0 saturated heterocycles. The minimum Gasteiger partial charge on any atom is -0.455 e. The Bertz CT molecular complexity index is 3610. The van der Waals surface area contributed by atoms with Gasteiger partial charge in [0.25, 0.3) is 0 Å². The first-order valence-electron chi connectivity index (χ1n) is 20.7. The fraction of sp³-hybridized carbons (Fsp3) is 0. The first-order valence-corrected chi connectivity index (χ1v) is 21.6. The number of rotatable bonds is 7. The largest absolute Gasteiger partial charge is 0.455 e. The van der Waals surface area contributed by atoms with E-state index in [9.17, 15) is 0 Å². The zero-order valence-corrected chi connectivity index (χ0v) is 33.9. The van der Waals surface area contributed by atoms with Gasteiger partial charge in [-0.1, -0.05) is 164 Å². The van der Waals surface area contributed by atoms with Crippen molar-refractivity contribution in [1.82, 2.24) is 0 Å². The van der Waals surface area contributed by atoms with Gasteiger partial charge in [0.2, 0.25) is 0 Å². The first-order chi connectivity index (χ1) is 30.2. The predicted octanol–water partition coefficient (Wildman–Crippen LogP) is 17.2. The average molecular weight is 796 g/mol. The summed E-state index contributed by atoms with van der Waals surface area (Å²) >= 11 is 1.85. The van der Waals surface area contributed by atoms with Crippen molar-refractivity contribution in [3.8, 4) is 44.5 Å². The molecule has 12 rings (SSSR count). The molecule has 10 aromatic carbocycles. The maximum Gasteiger partial charge on any atom is 0.143 e. The Kier molecular flexibility index (Phi) is 8.39. The molecule has 0 saturated carbocycles. The van der Waals surface area contributed by atoms with Crippen molar-refractivity contribution >= 4 is 81.3 Å². The zero-order chi connectivity index (χ0) is 40.3. The summed E-state index contributed by atoms with van der Waals surface area (Å²) in [7, 11) is 0. The van der Waals surface area contributed by atoms with Gasteiger partial charge >= 0.3 is 0 Å². The highest BCUT2D eigenvalue weighted by Crippen LogP contribution is 2.45. The number of nitrogens with zero attached hydrogens (tertiary/aromatic N) is 1. The van der Waals surface area contributed by atoms with Gasteiger partial charge in [0, 0.05) is 53.4 Å². The van der Waals surface area contributed by atoms with Crippen molar-refractivity contribution in [2.75, 3.05) is 4.90 Å². The Morgan fingerprint density at radius 2 is 0.934 bits per heavy atom. The lowest BCUT2D eigenvalue weighted by atomic mass is 9.93. The van der Waals surface area contributed by atoms with Crippen LogP contribution in [0, 0.1) is 0 Å². The van der Waals surface area contributed by atoms with Crippen molar-refractivity contribution in [1.29, 1.82) is 0 Å². The molecule has 3 heteroatoms. The lowest BCUT2D eigenvalue weighted by Gasteiger charge is -2.28. The molecule has 0 aliphatic rings. The zero-order valence-electron chi connectivity index (χ0n) is 33.1. The van der Waals surface area contributed by atoms with Gasteiger partial charge in [-0.05, 0) is 105 Å². The third-order valence-corrected chi connectivity index (χ3v) is 13.2. The molecule has 0 bridgehead atoms. The van der Waals surface area contributed by atoms with Gasteiger partial charge in [0.1, 0.15) is 11.2 Å².